The highest BCUT2D eigenvalue weighted by molar-refractivity contribution is 6.30. The third-order valence-corrected chi connectivity index (χ3v) is 4.51. The van der Waals surface area contributed by atoms with Crippen molar-refractivity contribution in [2.24, 2.45) is 5.92 Å². The lowest BCUT2D eigenvalue weighted by molar-refractivity contribution is 0.400. The van der Waals surface area contributed by atoms with Crippen LogP contribution in [0.2, 0.25) is 5.02 Å². The van der Waals surface area contributed by atoms with E-state index in [1.807, 2.05) is 6.07 Å². The SMILES string of the molecule is N#CC1CCCC1NC1CCc2cc(Cl)ccc21. The molecule has 18 heavy (non-hydrogen) atoms. The Morgan fingerprint density at radius 1 is 1.28 bits per heavy atom. The van der Waals surface area contributed by atoms with Gasteiger partial charge in [0.25, 0.3) is 0 Å². The van der Waals surface area contributed by atoms with Gasteiger partial charge >= 0.3 is 0 Å². The molecule has 2 nitrogen and oxygen atoms in total. The minimum atomic E-state index is 0.196. The number of benzene rings is 1. The molecule has 0 saturated heterocycles. The van der Waals surface area contributed by atoms with Gasteiger partial charge in [0.1, 0.15) is 0 Å². The molecule has 0 heterocycles. The van der Waals surface area contributed by atoms with E-state index in [0.29, 0.717) is 12.1 Å². The second-order valence-corrected chi connectivity index (χ2v) is 5.81. The summed E-state index contributed by atoms with van der Waals surface area (Å²) in [4.78, 5) is 0. The first kappa shape index (κ1) is 12.0. The van der Waals surface area contributed by atoms with Crippen molar-refractivity contribution < 1.29 is 0 Å². The van der Waals surface area contributed by atoms with Gasteiger partial charge in [0.2, 0.25) is 0 Å². The highest BCUT2D eigenvalue weighted by atomic mass is 35.5. The molecule has 1 fully saturated rings. The summed E-state index contributed by atoms with van der Waals surface area (Å²) in [6.45, 7) is 0. The van der Waals surface area contributed by atoms with Crippen molar-refractivity contribution in [2.75, 3.05) is 0 Å². The van der Waals surface area contributed by atoms with E-state index in [4.69, 9.17) is 16.9 Å². The van der Waals surface area contributed by atoms with E-state index >= 15 is 0 Å². The normalized spacial score (nSPS) is 30.1. The molecule has 2 aliphatic carbocycles. The Hall–Kier alpha value is -1.04. The summed E-state index contributed by atoms with van der Waals surface area (Å²) < 4.78 is 0. The quantitative estimate of drug-likeness (QED) is 0.882. The van der Waals surface area contributed by atoms with Crippen molar-refractivity contribution >= 4 is 11.6 Å². The second-order valence-electron chi connectivity index (χ2n) is 5.37. The number of fused-ring (bicyclic) bond motifs is 1. The third-order valence-electron chi connectivity index (χ3n) is 4.28. The zero-order valence-electron chi connectivity index (χ0n) is 10.3. The number of nitrogens with one attached hydrogen (secondary N) is 1. The van der Waals surface area contributed by atoms with Gasteiger partial charge in [0.05, 0.1) is 12.0 Å². The first-order valence-electron chi connectivity index (χ1n) is 6.72. The van der Waals surface area contributed by atoms with Crippen molar-refractivity contribution in [3.05, 3.63) is 34.3 Å². The Kier molecular flexibility index (Phi) is 3.28. The van der Waals surface area contributed by atoms with Crippen LogP contribution in [0, 0.1) is 17.2 Å². The Balaban J connectivity index is 1.75. The molecule has 1 aromatic carbocycles. The highest BCUT2D eigenvalue weighted by Crippen LogP contribution is 2.35. The van der Waals surface area contributed by atoms with E-state index in [9.17, 15) is 0 Å². The van der Waals surface area contributed by atoms with Crippen LogP contribution >= 0.6 is 11.6 Å². The molecule has 1 N–H and O–H groups in total. The van der Waals surface area contributed by atoms with E-state index in [0.717, 1.165) is 30.7 Å². The van der Waals surface area contributed by atoms with Crippen LogP contribution < -0.4 is 5.32 Å². The van der Waals surface area contributed by atoms with E-state index in [-0.39, 0.29) is 5.92 Å². The summed E-state index contributed by atoms with van der Waals surface area (Å²) in [6, 6.07) is 9.41. The maximum Gasteiger partial charge on any atom is 0.0672 e. The number of aryl methyl sites for hydroxylation is 1. The summed E-state index contributed by atoms with van der Waals surface area (Å²) in [7, 11) is 0. The molecule has 0 spiro atoms. The average molecular weight is 261 g/mol. The smallest absolute Gasteiger partial charge is 0.0672 e. The first-order valence-corrected chi connectivity index (χ1v) is 7.09. The van der Waals surface area contributed by atoms with Gasteiger partial charge in [0.15, 0.2) is 0 Å². The topological polar surface area (TPSA) is 35.8 Å². The molecule has 1 aromatic rings. The highest BCUT2D eigenvalue weighted by Gasteiger charge is 2.31. The molecule has 0 bridgehead atoms. The first-order chi connectivity index (χ1) is 8.78. The van der Waals surface area contributed by atoms with Crippen molar-refractivity contribution in [1.29, 1.82) is 5.26 Å². The van der Waals surface area contributed by atoms with Crippen LogP contribution in [0.3, 0.4) is 0 Å². The Bertz CT molecular complexity index is 492. The Labute approximate surface area is 113 Å². The van der Waals surface area contributed by atoms with E-state index in [2.05, 4.69) is 23.5 Å². The second kappa shape index (κ2) is 4.91. The zero-order chi connectivity index (χ0) is 12.5. The molecular weight excluding hydrogens is 244 g/mol. The lowest BCUT2D eigenvalue weighted by Crippen LogP contribution is -2.34. The van der Waals surface area contributed by atoms with Crippen LogP contribution in [0.25, 0.3) is 0 Å². The molecular formula is C15H17ClN2. The standard InChI is InChI=1S/C15H17ClN2/c16-12-5-6-13-10(8-12)4-7-15(13)18-14-3-1-2-11(14)9-17/h5-6,8,11,14-15,18H,1-4,7H2. The van der Waals surface area contributed by atoms with Crippen LogP contribution in [0.5, 0.6) is 0 Å². The summed E-state index contributed by atoms with van der Waals surface area (Å²) >= 11 is 6.02. The molecule has 0 amide bonds. The molecule has 3 unspecified atom stereocenters. The summed E-state index contributed by atoms with van der Waals surface area (Å²) in [5, 5.41) is 13.6. The van der Waals surface area contributed by atoms with E-state index in [1.54, 1.807) is 0 Å². The molecule has 3 rings (SSSR count). The maximum atomic E-state index is 9.13. The molecule has 0 radical (unpaired) electrons. The Morgan fingerprint density at radius 2 is 2.17 bits per heavy atom. The van der Waals surface area contributed by atoms with Crippen LogP contribution in [-0.4, -0.2) is 6.04 Å². The van der Waals surface area contributed by atoms with Gasteiger partial charge in [-0.05, 0) is 48.9 Å². The molecule has 3 atom stereocenters. The third kappa shape index (κ3) is 2.13. The van der Waals surface area contributed by atoms with Gasteiger partial charge in [-0.3, -0.25) is 0 Å². The fourth-order valence-electron chi connectivity index (χ4n) is 3.33. The van der Waals surface area contributed by atoms with Gasteiger partial charge < -0.3 is 5.32 Å². The Morgan fingerprint density at radius 3 is 3.00 bits per heavy atom. The molecule has 0 aromatic heterocycles. The monoisotopic (exact) mass is 260 g/mol. The molecule has 2 aliphatic rings. The predicted octanol–water partition coefficient (Wildman–Crippen LogP) is 3.61. The fourth-order valence-corrected chi connectivity index (χ4v) is 3.53. The van der Waals surface area contributed by atoms with Crippen molar-refractivity contribution in [3.63, 3.8) is 0 Å². The van der Waals surface area contributed by atoms with Crippen LogP contribution in [0.15, 0.2) is 18.2 Å². The summed E-state index contributed by atoms with van der Waals surface area (Å²) in [5.74, 6) is 0.196. The van der Waals surface area contributed by atoms with Gasteiger partial charge in [-0.2, -0.15) is 5.26 Å². The lowest BCUT2D eigenvalue weighted by atomic mass is 10.0. The maximum absolute atomic E-state index is 9.13. The van der Waals surface area contributed by atoms with Crippen molar-refractivity contribution in [3.8, 4) is 6.07 Å². The largest absolute Gasteiger partial charge is 0.306 e. The molecule has 94 valence electrons. The van der Waals surface area contributed by atoms with Crippen LogP contribution in [0.1, 0.15) is 42.9 Å². The minimum Gasteiger partial charge on any atom is -0.306 e. The predicted molar refractivity (Wildman–Crippen MR) is 72.4 cm³/mol. The zero-order valence-corrected chi connectivity index (χ0v) is 11.1. The van der Waals surface area contributed by atoms with Crippen LogP contribution in [-0.2, 0) is 6.42 Å². The van der Waals surface area contributed by atoms with Crippen molar-refractivity contribution in [2.45, 2.75) is 44.2 Å². The van der Waals surface area contributed by atoms with E-state index in [1.165, 1.54) is 17.5 Å². The number of hydrogen-bond donors (Lipinski definition) is 1. The van der Waals surface area contributed by atoms with Gasteiger partial charge in [-0.1, -0.05) is 24.1 Å². The summed E-state index contributed by atoms with van der Waals surface area (Å²) in [5.41, 5.74) is 2.74. The van der Waals surface area contributed by atoms with E-state index < -0.39 is 0 Å². The van der Waals surface area contributed by atoms with Gasteiger partial charge in [-0.25, -0.2) is 0 Å². The fraction of sp³-hybridized carbons (Fsp3) is 0.533. The number of halogens is 1. The molecule has 0 aliphatic heterocycles. The van der Waals surface area contributed by atoms with Crippen molar-refractivity contribution in [1.82, 2.24) is 5.32 Å². The minimum absolute atomic E-state index is 0.196. The number of hydrogen-bond acceptors (Lipinski definition) is 2. The van der Waals surface area contributed by atoms with Gasteiger partial charge in [0, 0.05) is 17.1 Å². The molecule has 1 saturated carbocycles. The molecule has 3 heteroatoms. The average Bonchev–Trinajstić information content (AvgIpc) is 2.96. The lowest BCUT2D eigenvalue weighted by Gasteiger charge is -2.22. The number of nitriles is 1. The summed E-state index contributed by atoms with van der Waals surface area (Å²) in [6.07, 6.45) is 5.59. The van der Waals surface area contributed by atoms with Gasteiger partial charge in [-0.15, -0.1) is 0 Å². The number of rotatable bonds is 2. The number of nitrogens with zero attached hydrogens (tertiary/aromatic N) is 1. The van der Waals surface area contributed by atoms with Crippen LogP contribution in [0.4, 0.5) is 0 Å².